The fourth-order valence-electron chi connectivity index (χ4n) is 2.50. The molecule has 21 heavy (non-hydrogen) atoms. The van der Waals surface area contributed by atoms with Gasteiger partial charge in [0.25, 0.3) is 0 Å². The Morgan fingerprint density at radius 2 is 1.95 bits per heavy atom. The number of piperidine rings is 1. The van der Waals surface area contributed by atoms with E-state index in [4.69, 9.17) is 4.42 Å². The molecule has 2 aromatic rings. The van der Waals surface area contributed by atoms with Crippen LogP contribution in [0, 0.1) is 0 Å². The molecule has 0 spiro atoms. The van der Waals surface area contributed by atoms with Crippen molar-refractivity contribution in [2.24, 2.45) is 0 Å². The molecular weight excluding hydrogens is 268 g/mol. The van der Waals surface area contributed by atoms with Crippen molar-refractivity contribution in [3.63, 3.8) is 0 Å². The van der Waals surface area contributed by atoms with E-state index >= 15 is 0 Å². The summed E-state index contributed by atoms with van der Waals surface area (Å²) in [6.07, 6.45) is 2.45. The van der Waals surface area contributed by atoms with E-state index in [1.54, 1.807) is 6.26 Å². The third-order valence-electron chi connectivity index (χ3n) is 3.57. The van der Waals surface area contributed by atoms with Crippen LogP contribution in [0.5, 0.6) is 0 Å². The molecule has 0 bridgehead atoms. The Balaban J connectivity index is 1.83. The summed E-state index contributed by atoms with van der Waals surface area (Å²) in [4.78, 5) is 23.1. The van der Waals surface area contributed by atoms with Crippen molar-refractivity contribution in [1.82, 2.24) is 10.6 Å². The first kappa shape index (κ1) is 13.6. The molecule has 1 aromatic carbocycles. The van der Waals surface area contributed by atoms with Crippen LogP contribution >= 0.6 is 0 Å². The zero-order chi connectivity index (χ0) is 14.7. The van der Waals surface area contributed by atoms with Crippen LogP contribution in [-0.4, -0.2) is 17.9 Å². The lowest BCUT2D eigenvalue weighted by Crippen LogP contribution is -2.51. The van der Waals surface area contributed by atoms with Gasteiger partial charge in [0, 0.05) is 6.42 Å². The largest absolute Gasteiger partial charge is 0.467 e. The van der Waals surface area contributed by atoms with Gasteiger partial charge in [0.2, 0.25) is 11.8 Å². The average Bonchev–Trinajstić information content (AvgIpc) is 3.01. The summed E-state index contributed by atoms with van der Waals surface area (Å²) in [7, 11) is 0. The highest BCUT2D eigenvalue weighted by Crippen LogP contribution is 2.24. The van der Waals surface area contributed by atoms with Gasteiger partial charge in [-0.05, 0) is 24.1 Å². The van der Waals surface area contributed by atoms with Crippen LogP contribution in [0.4, 0.5) is 0 Å². The lowest BCUT2D eigenvalue weighted by Gasteiger charge is -2.26. The molecular formula is C16H16N2O3. The second-order valence-electron chi connectivity index (χ2n) is 5.03. The maximum Gasteiger partial charge on any atom is 0.243 e. The highest BCUT2D eigenvalue weighted by molar-refractivity contribution is 6.00. The van der Waals surface area contributed by atoms with Gasteiger partial charge in [-0.15, -0.1) is 0 Å². The Hall–Kier alpha value is -2.40. The molecule has 1 fully saturated rings. The van der Waals surface area contributed by atoms with E-state index < -0.39 is 6.04 Å². The van der Waals surface area contributed by atoms with Gasteiger partial charge in [-0.25, -0.2) is 0 Å². The first-order valence-electron chi connectivity index (χ1n) is 6.92. The van der Waals surface area contributed by atoms with Crippen molar-refractivity contribution >= 4 is 11.8 Å². The molecule has 5 nitrogen and oxygen atoms in total. The second-order valence-corrected chi connectivity index (χ2v) is 5.03. The minimum absolute atomic E-state index is 0.215. The van der Waals surface area contributed by atoms with Gasteiger partial charge in [-0.3, -0.25) is 20.2 Å². The summed E-state index contributed by atoms with van der Waals surface area (Å²) in [6, 6.07) is 12.8. The van der Waals surface area contributed by atoms with E-state index in [1.807, 2.05) is 42.5 Å². The van der Waals surface area contributed by atoms with Crippen molar-refractivity contribution in [2.45, 2.75) is 24.9 Å². The number of benzene rings is 1. The van der Waals surface area contributed by atoms with Crippen molar-refractivity contribution in [3.8, 4) is 0 Å². The number of hydrogen-bond acceptors (Lipinski definition) is 4. The maximum absolute atomic E-state index is 11.9. The number of carbonyl (C=O) groups is 2. The second kappa shape index (κ2) is 5.93. The van der Waals surface area contributed by atoms with Crippen molar-refractivity contribution < 1.29 is 14.0 Å². The number of nitrogens with one attached hydrogen (secondary N) is 2. The van der Waals surface area contributed by atoms with Gasteiger partial charge in [0.05, 0.1) is 18.3 Å². The molecule has 2 amide bonds. The summed E-state index contributed by atoms with van der Waals surface area (Å²) >= 11 is 0. The minimum Gasteiger partial charge on any atom is -0.467 e. The van der Waals surface area contributed by atoms with E-state index in [2.05, 4.69) is 10.6 Å². The molecule has 0 aliphatic carbocycles. The lowest BCUT2D eigenvalue weighted by atomic mass is 10.00. The van der Waals surface area contributed by atoms with Gasteiger partial charge in [-0.1, -0.05) is 30.3 Å². The molecule has 5 heteroatoms. The van der Waals surface area contributed by atoms with Crippen LogP contribution in [0.25, 0.3) is 0 Å². The monoisotopic (exact) mass is 284 g/mol. The van der Waals surface area contributed by atoms with Crippen LogP contribution in [-0.2, 0) is 9.59 Å². The molecule has 2 unspecified atom stereocenters. The van der Waals surface area contributed by atoms with Gasteiger partial charge < -0.3 is 4.42 Å². The smallest absolute Gasteiger partial charge is 0.243 e. The topological polar surface area (TPSA) is 71.3 Å². The molecule has 3 rings (SSSR count). The zero-order valence-corrected chi connectivity index (χ0v) is 11.4. The first-order valence-corrected chi connectivity index (χ1v) is 6.92. The predicted octanol–water partition coefficient (Wildman–Crippen LogP) is 1.76. The quantitative estimate of drug-likeness (QED) is 0.839. The van der Waals surface area contributed by atoms with Crippen LogP contribution < -0.4 is 10.6 Å². The highest BCUT2D eigenvalue weighted by atomic mass is 16.3. The Kier molecular flexibility index (Phi) is 3.83. The molecule has 2 atom stereocenters. The molecule has 0 radical (unpaired) electrons. The highest BCUT2D eigenvalue weighted by Gasteiger charge is 2.30. The first-order chi connectivity index (χ1) is 10.2. The van der Waals surface area contributed by atoms with Gasteiger partial charge in [0.15, 0.2) is 0 Å². The molecule has 108 valence electrons. The van der Waals surface area contributed by atoms with Crippen molar-refractivity contribution in [3.05, 3.63) is 60.1 Å². The van der Waals surface area contributed by atoms with E-state index in [0.29, 0.717) is 12.8 Å². The van der Waals surface area contributed by atoms with E-state index in [-0.39, 0.29) is 17.9 Å². The third-order valence-corrected chi connectivity index (χ3v) is 3.57. The molecule has 1 aliphatic rings. The summed E-state index contributed by atoms with van der Waals surface area (Å²) < 4.78 is 5.49. The number of carbonyl (C=O) groups excluding carboxylic acids is 2. The minimum atomic E-state index is -0.405. The number of furan rings is 1. The standard InChI is InChI=1S/C16H16N2O3/c19-14-9-8-12(16(20)18-14)17-15(13-7-4-10-21-13)11-5-2-1-3-6-11/h1-7,10,12,15,17H,8-9H2,(H,18,19,20). The van der Waals surface area contributed by atoms with Crippen LogP contribution in [0.15, 0.2) is 53.1 Å². The molecule has 1 aliphatic heterocycles. The van der Waals surface area contributed by atoms with Crippen molar-refractivity contribution in [2.75, 3.05) is 0 Å². The Morgan fingerprint density at radius 3 is 2.62 bits per heavy atom. The van der Waals surface area contributed by atoms with Gasteiger partial charge in [-0.2, -0.15) is 0 Å². The fraction of sp³-hybridized carbons (Fsp3) is 0.250. The van der Waals surface area contributed by atoms with Gasteiger partial charge in [0.1, 0.15) is 5.76 Å². The van der Waals surface area contributed by atoms with Crippen LogP contribution in [0.1, 0.15) is 30.2 Å². The Labute approximate surface area is 122 Å². The van der Waals surface area contributed by atoms with E-state index in [0.717, 1.165) is 11.3 Å². The van der Waals surface area contributed by atoms with Crippen molar-refractivity contribution in [1.29, 1.82) is 0 Å². The number of imide groups is 1. The molecule has 1 aromatic heterocycles. The number of hydrogen-bond donors (Lipinski definition) is 2. The molecule has 0 saturated carbocycles. The van der Waals surface area contributed by atoms with Crippen LogP contribution in [0.3, 0.4) is 0 Å². The summed E-state index contributed by atoms with van der Waals surface area (Å²) in [6.45, 7) is 0. The summed E-state index contributed by atoms with van der Waals surface area (Å²) in [5, 5.41) is 5.65. The zero-order valence-electron chi connectivity index (χ0n) is 11.4. The lowest BCUT2D eigenvalue weighted by molar-refractivity contribution is -0.134. The van der Waals surface area contributed by atoms with E-state index in [1.165, 1.54) is 0 Å². The number of amides is 2. The molecule has 2 heterocycles. The molecule has 2 N–H and O–H groups in total. The summed E-state index contributed by atoms with van der Waals surface area (Å²) in [5.74, 6) is 0.247. The normalized spacial score (nSPS) is 20.1. The average molecular weight is 284 g/mol. The van der Waals surface area contributed by atoms with Gasteiger partial charge >= 0.3 is 0 Å². The van der Waals surface area contributed by atoms with Crippen LogP contribution in [0.2, 0.25) is 0 Å². The Morgan fingerprint density at radius 1 is 1.14 bits per heavy atom. The Bertz CT molecular complexity index is 622. The molecule has 1 saturated heterocycles. The SMILES string of the molecule is O=C1CCC(NC(c2ccccc2)c2ccco2)C(=O)N1. The third kappa shape index (κ3) is 3.03. The fourth-order valence-corrected chi connectivity index (χ4v) is 2.50. The summed E-state index contributed by atoms with van der Waals surface area (Å²) in [5.41, 5.74) is 1.01. The maximum atomic E-state index is 11.9. The number of rotatable bonds is 4. The van der Waals surface area contributed by atoms with E-state index in [9.17, 15) is 9.59 Å². The predicted molar refractivity (Wildman–Crippen MR) is 76.3 cm³/mol.